The molecule has 104 valence electrons. The van der Waals surface area contributed by atoms with Gasteiger partial charge < -0.3 is 10.2 Å². The van der Waals surface area contributed by atoms with E-state index < -0.39 is 0 Å². The summed E-state index contributed by atoms with van der Waals surface area (Å²) < 4.78 is 13.0. The van der Waals surface area contributed by atoms with Gasteiger partial charge in [0.15, 0.2) is 0 Å². The van der Waals surface area contributed by atoms with Gasteiger partial charge in [0, 0.05) is 31.4 Å². The Morgan fingerprint density at radius 2 is 1.90 bits per heavy atom. The highest BCUT2D eigenvalue weighted by atomic mass is 19.1. The molecule has 1 N–H and O–H groups in total. The summed E-state index contributed by atoms with van der Waals surface area (Å²) in [5, 5.41) is 3.36. The number of rotatable bonds is 2. The van der Waals surface area contributed by atoms with Crippen molar-refractivity contribution in [3.8, 4) is 11.3 Å². The lowest BCUT2D eigenvalue weighted by Gasteiger charge is -2.20. The highest BCUT2D eigenvalue weighted by Gasteiger charge is 2.12. The minimum atomic E-state index is -0.235. The van der Waals surface area contributed by atoms with E-state index in [1.807, 2.05) is 6.07 Å². The lowest BCUT2D eigenvalue weighted by atomic mass is 10.1. The van der Waals surface area contributed by atoms with Crippen molar-refractivity contribution in [2.75, 3.05) is 31.1 Å². The Kier molecular flexibility index (Phi) is 3.87. The van der Waals surface area contributed by atoms with Crippen LogP contribution in [0.25, 0.3) is 11.3 Å². The molecule has 1 saturated heterocycles. The van der Waals surface area contributed by atoms with Crippen LogP contribution in [0.15, 0.2) is 36.5 Å². The zero-order valence-corrected chi connectivity index (χ0v) is 11.2. The van der Waals surface area contributed by atoms with Crippen molar-refractivity contribution < 1.29 is 4.39 Å². The molecular formula is C15H17FN4. The fraction of sp³-hybridized carbons (Fsp3) is 0.333. The van der Waals surface area contributed by atoms with Crippen molar-refractivity contribution in [3.05, 3.63) is 42.3 Å². The number of nitrogens with zero attached hydrogens (tertiary/aromatic N) is 3. The van der Waals surface area contributed by atoms with Gasteiger partial charge in [-0.1, -0.05) is 0 Å². The van der Waals surface area contributed by atoms with E-state index in [0.717, 1.165) is 49.8 Å². The first kappa shape index (κ1) is 13.0. The molecule has 0 unspecified atom stereocenters. The molecule has 0 radical (unpaired) electrons. The molecule has 0 saturated carbocycles. The number of hydrogen-bond donors (Lipinski definition) is 1. The first-order valence-corrected chi connectivity index (χ1v) is 6.87. The summed E-state index contributed by atoms with van der Waals surface area (Å²) >= 11 is 0. The summed E-state index contributed by atoms with van der Waals surface area (Å²) in [5.74, 6) is 0.511. The lowest BCUT2D eigenvalue weighted by Crippen LogP contribution is -2.29. The van der Waals surface area contributed by atoms with Crippen molar-refractivity contribution in [2.24, 2.45) is 0 Å². The number of benzene rings is 1. The smallest absolute Gasteiger partial charge is 0.225 e. The van der Waals surface area contributed by atoms with Crippen LogP contribution in [0.4, 0.5) is 10.3 Å². The topological polar surface area (TPSA) is 41.1 Å². The molecule has 0 atom stereocenters. The van der Waals surface area contributed by atoms with Gasteiger partial charge in [0.25, 0.3) is 0 Å². The third-order valence-corrected chi connectivity index (χ3v) is 3.41. The Bertz CT molecular complexity index is 562. The first-order chi connectivity index (χ1) is 9.83. The van der Waals surface area contributed by atoms with Gasteiger partial charge in [-0.2, -0.15) is 0 Å². The zero-order chi connectivity index (χ0) is 13.8. The SMILES string of the molecule is Fc1ccc(-c2ccnc(N3CCCNCC3)n2)cc1. The highest BCUT2D eigenvalue weighted by molar-refractivity contribution is 5.60. The van der Waals surface area contributed by atoms with E-state index in [0.29, 0.717) is 0 Å². The number of aromatic nitrogens is 2. The Morgan fingerprint density at radius 1 is 1.05 bits per heavy atom. The number of nitrogens with one attached hydrogen (secondary N) is 1. The van der Waals surface area contributed by atoms with Gasteiger partial charge in [0.05, 0.1) is 5.69 Å². The maximum atomic E-state index is 13.0. The molecule has 2 aromatic rings. The predicted molar refractivity (Wildman–Crippen MR) is 77.1 cm³/mol. The number of anilines is 1. The van der Waals surface area contributed by atoms with Crippen LogP contribution >= 0.6 is 0 Å². The third-order valence-electron chi connectivity index (χ3n) is 3.41. The van der Waals surface area contributed by atoms with Gasteiger partial charge in [0.2, 0.25) is 5.95 Å². The van der Waals surface area contributed by atoms with Crippen molar-refractivity contribution in [1.82, 2.24) is 15.3 Å². The fourth-order valence-electron chi connectivity index (χ4n) is 2.33. The van der Waals surface area contributed by atoms with Crippen LogP contribution in [0, 0.1) is 5.82 Å². The van der Waals surface area contributed by atoms with Crippen LogP contribution in [-0.2, 0) is 0 Å². The van der Waals surface area contributed by atoms with Crippen molar-refractivity contribution in [2.45, 2.75) is 6.42 Å². The van der Waals surface area contributed by atoms with E-state index >= 15 is 0 Å². The summed E-state index contributed by atoms with van der Waals surface area (Å²) in [6.07, 6.45) is 2.85. The molecule has 1 aliphatic heterocycles. The van der Waals surface area contributed by atoms with E-state index in [-0.39, 0.29) is 5.82 Å². The van der Waals surface area contributed by atoms with Gasteiger partial charge in [0.1, 0.15) is 5.82 Å². The summed E-state index contributed by atoms with van der Waals surface area (Å²) in [6.45, 7) is 3.85. The monoisotopic (exact) mass is 272 g/mol. The fourth-order valence-corrected chi connectivity index (χ4v) is 2.33. The molecule has 0 aliphatic carbocycles. The molecule has 0 spiro atoms. The minimum absolute atomic E-state index is 0.235. The van der Waals surface area contributed by atoms with Crippen molar-refractivity contribution in [3.63, 3.8) is 0 Å². The maximum Gasteiger partial charge on any atom is 0.225 e. The van der Waals surface area contributed by atoms with E-state index in [2.05, 4.69) is 20.2 Å². The van der Waals surface area contributed by atoms with E-state index in [1.54, 1.807) is 18.3 Å². The maximum absolute atomic E-state index is 13.0. The van der Waals surface area contributed by atoms with Crippen LogP contribution in [0.5, 0.6) is 0 Å². The second kappa shape index (κ2) is 5.96. The predicted octanol–water partition coefficient (Wildman–Crippen LogP) is 2.08. The molecule has 5 heteroatoms. The Labute approximate surface area is 117 Å². The second-order valence-electron chi connectivity index (χ2n) is 4.84. The molecule has 1 aromatic carbocycles. The minimum Gasteiger partial charge on any atom is -0.339 e. The Balaban J connectivity index is 1.86. The van der Waals surface area contributed by atoms with Gasteiger partial charge in [-0.25, -0.2) is 14.4 Å². The van der Waals surface area contributed by atoms with Gasteiger partial charge in [-0.3, -0.25) is 0 Å². The summed E-state index contributed by atoms with van der Waals surface area (Å²) in [5.41, 5.74) is 1.73. The Hall–Kier alpha value is -2.01. The van der Waals surface area contributed by atoms with Crippen LogP contribution in [0.3, 0.4) is 0 Å². The molecule has 20 heavy (non-hydrogen) atoms. The van der Waals surface area contributed by atoms with E-state index in [1.165, 1.54) is 12.1 Å². The standard InChI is InChI=1S/C15H17FN4/c16-13-4-2-12(3-5-13)14-6-8-18-15(19-14)20-10-1-7-17-9-11-20/h2-6,8,17H,1,7,9-11H2. The molecule has 1 aliphatic rings. The van der Waals surface area contributed by atoms with Gasteiger partial charge >= 0.3 is 0 Å². The van der Waals surface area contributed by atoms with Crippen LogP contribution in [0.2, 0.25) is 0 Å². The van der Waals surface area contributed by atoms with Crippen LogP contribution in [-0.4, -0.2) is 36.1 Å². The first-order valence-electron chi connectivity index (χ1n) is 6.87. The molecule has 0 bridgehead atoms. The van der Waals surface area contributed by atoms with Gasteiger partial charge in [-0.15, -0.1) is 0 Å². The van der Waals surface area contributed by atoms with Crippen molar-refractivity contribution in [1.29, 1.82) is 0 Å². The number of halogens is 1. The second-order valence-corrected chi connectivity index (χ2v) is 4.84. The highest BCUT2D eigenvalue weighted by Crippen LogP contribution is 2.19. The molecule has 2 heterocycles. The normalized spacial score (nSPS) is 15.9. The third kappa shape index (κ3) is 2.93. The Morgan fingerprint density at radius 3 is 2.75 bits per heavy atom. The van der Waals surface area contributed by atoms with Gasteiger partial charge in [-0.05, 0) is 43.3 Å². The van der Waals surface area contributed by atoms with Crippen molar-refractivity contribution >= 4 is 5.95 Å². The molecule has 1 fully saturated rings. The molecule has 0 amide bonds. The number of hydrogen-bond acceptors (Lipinski definition) is 4. The summed E-state index contributed by atoms with van der Waals surface area (Å²) in [7, 11) is 0. The average Bonchev–Trinajstić information content (AvgIpc) is 2.77. The van der Waals surface area contributed by atoms with E-state index in [9.17, 15) is 4.39 Å². The average molecular weight is 272 g/mol. The molecule has 1 aromatic heterocycles. The largest absolute Gasteiger partial charge is 0.339 e. The molecule has 4 nitrogen and oxygen atoms in total. The molecule has 3 rings (SSSR count). The van der Waals surface area contributed by atoms with Crippen LogP contribution < -0.4 is 10.2 Å². The van der Waals surface area contributed by atoms with E-state index in [4.69, 9.17) is 0 Å². The summed E-state index contributed by atoms with van der Waals surface area (Å²) in [4.78, 5) is 11.2. The zero-order valence-electron chi connectivity index (χ0n) is 11.2. The lowest BCUT2D eigenvalue weighted by molar-refractivity contribution is 0.628. The molecular weight excluding hydrogens is 255 g/mol. The quantitative estimate of drug-likeness (QED) is 0.909. The van der Waals surface area contributed by atoms with Crippen LogP contribution in [0.1, 0.15) is 6.42 Å². The summed E-state index contributed by atoms with van der Waals surface area (Å²) in [6, 6.07) is 8.24.